The fraction of sp³-hybridized carbons (Fsp3) is 0.360. The Bertz CT molecular complexity index is 1270. The Morgan fingerprint density at radius 1 is 1.17 bits per heavy atom. The summed E-state index contributed by atoms with van der Waals surface area (Å²) < 4.78 is 8.65. The van der Waals surface area contributed by atoms with Gasteiger partial charge in [0.15, 0.2) is 16.1 Å². The molecule has 1 atom stereocenters. The molecule has 0 aliphatic heterocycles. The second-order valence-electron chi connectivity index (χ2n) is 8.22. The Balaban J connectivity index is 1.48. The van der Waals surface area contributed by atoms with Crippen LogP contribution in [0.15, 0.2) is 53.7 Å². The Hall–Kier alpha value is -2.95. The van der Waals surface area contributed by atoms with E-state index in [9.17, 15) is 4.79 Å². The average molecular weight is 511 g/mol. The van der Waals surface area contributed by atoms with Crippen molar-refractivity contribution in [1.82, 2.24) is 24.6 Å². The number of aromatic nitrogens is 4. The third-order valence-corrected chi connectivity index (χ3v) is 7.39. The molecule has 1 N–H and O–H groups in total. The number of amides is 1. The molecule has 0 aliphatic rings. The molecule has 0 saturated carbocycles. The SMILES string of the molecule is CCOc1ccc2nc(NC(=O)CSc3nnc(C(CC)N(C)C)n3Cc3ccccc3)sc2c1. The minimum absolute atomic E-state index is 0.130. The number of nitrogens with zero attached hydrogens (tertiary/aromatic N) is 5. The van der Waals surface area contributed by atoms with Crippen molar-refractivity contribution < 1.29 is 9.53 Å². The molecule has 1 amide bonds. The van der Waals surface area contributed by atoms with Gasteiger partial charge in [0.2, 0.25) is 5.91 Å². The second-order valence-corrected chi connectivity index (χ2v) is 10.2. The average Bonchev–Trinajstić information content (AvgIpc) is 3.42. The highest BCUT2D eigenvalue weighted by molar-refractivity contribution is 7.99. The fourth-order valence-electron chi connectivity index (χ4n) is 3.85. The fourth-order valence-corrected chi connectivity index (χ4v) is 5.50. The van der Waals surface area contributed by atoms with Gasteiger partial charge in [-0.25, -0.2) is 4.98 Å². The van der Waals surface area contributed by atoms with Crippen LogP contribution >= 0.6 is 23.1 Å². The Morgan fingerprint density at radius 2 is 1.97 bits per heavy atom. The number of thioether (sulfide) groups is 1. The van der Waals surface area contributed by atoms with E-state index in [1.54, 1.807) is 0 Å². The van der Waals surface area contributed by atoms with Crippen molar-refractivity contribution in [3.63, 3.8) is 0 Å². The lowest BCUT2D eigenvalue weighted by molar-refractivity contribution is -0.113. The number of carbonyl (C=O) groups is 1. The number of nitrogens with one attached hydrogen (secondary N) is 1. The third kappa shape index (κ3) is 6.19. The summed E-state index contributed by atoms with van der Waals surface area (Å²) in [5, 5.41) is 13.2. The van der Waals surface area contributed by atoms with Crippen LogP contribution in [-0.2, 0) is 11.3 Å². The van der Waals surface area contributed by atoms with Crippen molar-refractivity contribution in [2.45, 2.75) is 38.0 Å². The summed E-state index contributed by atoms with van der Waals surface area (Å²) in [7, 11) is 4.09. The highest BCUT2D eigenvalue weighted by Crippen LogP contribution is 2.30. The summed E-state index contributed by atoms with van der Waals surface area (Å²) >= 11 is 2.82. The second kappa shape index (κ2) is 11.7. The number of hydrogen-bond acceptors (Lipinski definition) is 8. The van der Waals surface area contributed by atoms with Crippen molar-refractivity contribution in [3.05, 3.63) is 59.9 Å². The first kappa shape index (κ1) is 25.2. The van der Waals surface area contributed by atoms with Crippen LogP contribution in [0.25, 0.3) is 10.2 Å². The summed E-state index contributed by atoms with van der Waals surface area (Å²) in [6.07, 6.45) is 0.910. The number of rotatable bonds is 11. The molecule has 0 bridgehead atoms. The van der Waals surface area contributed by atoms with Gasteiger partial charge in [0, 0.05) is 0 Å². The number of carbonyl (C=O) groups excluding carboxylic acids is 1. The van der Waals surface area contributed by atoms with E-state index in [0.29, 0.717) is 18.3 Å². The first-order valence-corrected chi connectivity index (χ1v) is 13.4. The van der Waals surface area contributed by atoms with Crippen LogP contribution in [0.1, 0.15) is 37.7 Å². The maximum atomic E-state index is 12.8. The zero-order valence-corrected chi connectivity index (χ0v) is 22.0. The largest absolute Gasteiger partial charge is 0.494 e. The lowest BCUT2D eigenvalue weighted by Crippen LogP contribution is -2.23. The van der Waals surface area contributed by atoms with E-state index < -0.39 is 0 Å². The molecule has 10 heteroatoms. The Morgan fingerprint density at radius 3 is 2.69 bits per heavy atom. The molecule has 0 fully saturated rings. The van der Waals surface area contributed by atoms with Crippen LogP contribution < -0.4 is 10.1 Å². The molecule has 4 aromatic rings. The number of ether oxygens (including phenoxy) is 1. The van der Waals surface area contributed by atoms with E-state index in [2.05, 4.69) is 49.0 Å². The van der Waals surface area contributed by atoms with Crippen molar-refractivity contribution in [1.29, 1.82) is 0 Å². The molecule has 0 spiro atoms. The molecule has 184 valence electrons. The molecule has 2 aromatic carbocycles. The maximum absolute atomic E-state index is 12.8. The molecule has 0 saturated heterocycles. The van der Waals surface area contributed by atoms with Gasteiger partial charge in [0.05, 0.1) is 35.2 Å². The predicted octanol–water partition coefficient (Wildman–Crippen LogP) is 5.08. The first-order chi connectivity index (χ1) is 17.0. The summed E-state index contributed by atoms with van der Waals surface area (Å²) in [5.74, 6) is 1.79. The first-order valence-electron chi connectivity index (χ1n) is 11.6. The van der Waals surface area contributed by atoms with Gasteiger partial charge in [-0.15, -0.1) is 10.2 Å². The van der Waals surface area contributed by atoms with Crippen molar-refractivity contribution in [2.24, 2.45) is 0 Å². The van der Waals surface area contributed by atoms with Gasteiger partial charge in [-0.3, -0.25) is 9.69 Å². The van der Waals surface area contributed by atoms with Crippen molar-refractivity contribution in [3.8, 4) is 5.75 Å². The van der Waals surface area contributed by atoms with Gasteiger partial charge in [0.1, 0.15) is 5.75 Å². The molecule has 35 heavy (non-hydrogen) atoms. The predicted molar refractivity (Wildman–Crippen MR) is 142 cm³/mol. The molecule has 2 heterocycles. The van der Waals surface area contributed by atoms with Crippen LogP contribution in [0, 0.1) is 0 Å². The standard InChI is InChI=1S/C25H30N6O2S2/c1-5-20(30(3)4)23-28-29-25(31(23)15-17-10-8-7-9-11-17)34-16-22(32)27-24-26-19-13-12-18(33-6-2)14-21(19)35-24/h7-14,20H,5-6,15-16H2,1-4H3,(H,26,27,32). The summed E-state index contributed by atoms with van der Waals surface area (Å²) in [4.78, 5) is 19.4. The number of benzene rings is 2. The zero-order valence-electron chi connectivity index (χ0n) is 20.4. The topological polar surface area (TPSA) is 85.2 Å². The molecular weight excluding hydrogens is 480 g/mol. The minimum Gasteiger partial charge on any atom is -0.494 e. The van der Waals surface area contributed by atoms with Gasteiger partial charge in [-0.05, 0) is 51.2 Å². The van der Waals surface area contributed by atoms with Crippen LogP contribution in [-0.4, -0.2) is 57.0 Å². The van der Waals surface area contributed by atoms with E-state index >= 15 is 0 Å². The van der Waals surface area contributed by atoms with Gasteiger partial charge >= 0.3 is 0 Å². The normalized spacial score (nSPS) is 12.3. The molecule has 0 aliphatic carbocycles. The number of fused-ring (bicyclic) bond motifs is 1. The quantitative estimate of drug-likeness (QED) is 0.282. The van der Waals surface area contributed by atoms with Crippen molar-refractivity contribution >= 4 is 44.4 Å². The van der Waals surface area contributed by atoms with E-state index in [-0.39, 0.29) is 17.7 Å². The molecule has 0 radical (unpaired) electrons. The highest BCUT2D eigenvalue weighted by atomic mass is 32.2. The summed E-state index contributed by atoms with van der Waals surface area (Å²) in [6, 6.07) is 16.1. The van der Waals surface area contributed by atoms with Crippen LogP contribution in [0.4, 0.5) is 5.13 Å². The zero-order chi connectivity index (χ0) is 24.8. The molecule has 2 aromatic heterocycles. The summed E-state index contributed by atoms with van der Waals surface area (Å²) in [6.45, 7) is 5.35. The lowest BCUT2D eigenvalue weighted by atomic mass is 10.2. The smallest absolute Gasteiger partial charge is 0.236 e. The molecule has 8 nitrogen and oxygen atoms in total. The third-order valence-electron chi connectivity index (χ3n) is 5.49. The Kier molecular flexibility index (Phi) is 8.37. The van der Waals surface area contributed by atoms with E-state index in [4.69, 9.17) is 4.74 Å². The summed E-state index contributed by atoms with van der Waals surface area (Å²) in [5.41, 5.74) is 2.00. The highest BCUT2D eigenvalue weighted by Gasteiger charge is 2.23. The molecule has 1 unspecified atom stereocenters. The molecule has 4 rings (SSSR count). The lowest BCUT2D eigenvalue weighted by Gasteiger charge is -2.23. The number of hydrogen-bond donors (Lipinski definition) is 1. The van der Waals surface area contributed by atoms with Gasteiger partial charge < -0.3 is 14.6 Å². The van der Waals surface area contributed by atoms with Crippen LogP contribution in [0.3, 0.4) is 0 Å². The van der Waals surface area contributed by atoms with Gasteiger partial charge in [-0.2, -0.15) is 0 Å². The van der Waals surface area contributed by atoms with Gasteiger partial charge in [0.25, 0.3) is 0 Å². The van der Waals surface area contributed by atoms with E-state index in [0.717, 1.165) is 38.9 Å². The van der Waals surface area contributed by atoms with Gasteiger partial charge in [-0.1, -0.05) is 60.4 Å². The van der Waals surface area contributed by atoms with Crippen LogP contribution in [0.5, 0.6) is 5.75 Å². The van der Waals surface area contributed by atoms with Crippen LogP contribution in [0.2, 0.25) is 0 Å². The minimum atomic E-state index is -0.130. The Labute approximate surface area is 213 Å². The van der Waals surface area contributed by atoms with E-state index in [1.165, 1.54) is 23.1 Å². The maximum Gasteiger partial charge on any atom is 0.236 e. The monoisotopic (exact) mass is 510 g/mol. The number of thiazole rings is 1. The van der Waals surface area contributed by atoms with E-state index in [1.807, 2.05) is 57.4 Å². The number of anilines is 1. The molecular formula is C25H30N6O2S2. The van der Waals surface area contributed by atoms with Crippen molar-refractivity contribution in [2.75, 3.05) is 31.8 Å².